The minimum atomic E-state index is -2.59. The molecule has 0 atom stereocenters. The summed E-state index contributed by atoms with van der Waals surface area (Å²) < 4.78 is 37.1. The molecule has 0 heterocycles. The molecule has 0 radical (unpaired) electrons. The van der Waals surface area contributed by atoms with Crippen LogP contribution in [0, 0.1) is 0 Å². The molecule has 0 aromatic rings. The summed E-state index contributed by atoms with van der Waals surface area (Å²) in [5.74, 6) is -0.774. The zero-order chi connectivity index (χ0) is 24.7. The van der Waals surface area contributed by atoms with E-state index in [1.165, 1.54) is 6.08 Å². The predicted octanol–water partition coefficient (Wildman–Crippen LogP) is 3.16. The van der Waals surface area contributed by atoms with Crippen LogP contribution in [0.15, 0.2) is 25.3 Å². The van der Waals surface area contributed by atoms with Crippen molar-refractivity contribution in [1.82, 2.24) is 0 Å². The first-order chi connectivity index (χ1) is 15.4. The normalized spacial score (nSPS) is 10.8. The van der Waals surface area contributed by atoms with Crippen LogP contribution in [-0.2, 0) is 41.2 Å². The molecule has 0 saturated heterocycles. The van der Waals surface area contributed by atoms with Gasteiger partial charge in [0.1, 0.15) is 0 Å². The predicted molar refractivity (Wildman–Crippen MR) is 128 cm³/mol. The summed E-state index contributed by atoms with van der Waals surface area (Å²) in [7, 11) is -0.693. The van der Waals surface area contributed by atoms with Crippen LogP contribution in [-0.4, -0.2) is 77.3 Å². The Kier molecular flexibility index (Phi) is 23.4. The van der Waals surface area contributed by atoms with E-state index in [9.17, 15) is 9.59 Å². The van der Waals surface area contributed by atoms with Gasteiger partial charge in [-0.2, -0.15) is 0 Å². The average Bonchev–Trinajstić information content (AvgIpc) is 2.79. The molecular weight excluding hydrogens is 452 g/mol. The zero-order valence-corrected chi connectivity index (χ0v) is 22.5. The number of rotatable bonds is 19. The van der Waals surface area contributed by atoms with Crippen LogP contribution in [0.5, 0.6) is 0 Å². The lowest BCUT2D eigenvalue weighted by atomic mass is 10.4. The molecule has 32 heavy (non-hydrogen) atoms. The molecule has 0 amide bonds. The third kappa shape index (κ3) is 18.2. The maximum absolute atomic E-state index is 10.9. The summed E-state index contributed by atoms with van der Waals surface area (Å²) in [5, 5.41) is 0. The molecule has 0 unspecified atom stereocenters. The van der Waals surface area contributed by atoms with Gasteiger partial charge in [-0.15, -0.1) is 0 Å². The monoisotopic (exact) mass is 494 g/mol. The minimum absolute atomic E-state index is 0.326. The minimum Gasteiger partial charge on any atom is -0.463 e. The summed E-state index contributed by atoms with van der Waals surface area (Å²) in [5.41, 5.74) is 0. The van der Waals surface area contributed by atoms with Crippen LogP contribution in [0.4, 0.5) is 0 Å². The van der Waals surface area contributed by atoms with E-state index >= 15 is 0 Å². The Morgan fingerprint density at radius 1 is 0.781 bits per heavy atom. The second kappa shape index (κ2) is 22.8. The van der Waals surface area contributed by atoms with Crippen molar-refractivity contribution in [3.05, 3.63) is 25.3 Å². The highest BCUT2D eigenvalue weighted by atomic mass is 28.4. The van der Waals surface area contributed by atoms with Gasteiger partial charge in [-0.25, -0.2) is 9.59 Å². The highest BCUT2D eigenvalue weighted by Gasteiger charge is 2.39. The molecular formula is C21H42O9Si2. The summed E-state index contributed by atoms with van der Waals surface area (Å²) in [4.78, 5) is 21.5. The Balaban J connectivity index is 0. The van der Waals surface area contributed by atoms with Crippen molar-refractivity contribution in [1.29, 1.82) is 0 Å². The highest BCUT2D eigenvalue weighted by molar-refractivity contribution is 6.60. The maximum Gasteiger partial charge on any atom is 0.501 e. The number of carbonyl (C=O) groups is 2. The second-order valence-corrected chi connectivity index (χ2v) is 11.3. The molecule has 0 bridgehead atoms. The Labute approximate surface area is 196 Å². The Bertz CT molecular complexity index is 483. The van der Waals surface area contributed by atoms with Crippen molar-refractivity contribution in [2.24, 2.45) is 0 Å². The lowest BCUT2D eigenvalue weighted by Crippen LogP contribution is -2.46. The maximum atomic E-state index is 10.9. The van der Waals surface area contributed by atoms with E-state index in [1.807, 2.05) is 20.8 Å². The van der Waals surface area contributed by atoms with Crippen molar-refractivity contribution >= 4 is 30.0 Å². The van der Waals surface area contributed by atoms with Crippen LogP contribution >= 0.6 is 0 Å². The molecule has 0 aliphatic heterocycles. The molecule has 9 nitrogen and oxygen atoms in total. The average molecular weight is 495 g/mol. The molecule has 0 aromatic carbocycles. The molecule has 0 aliphatic rings. The van der Waals surface area contributed by atoms with Gasteiger partial charge >= 0.3 is 30.0 Å². The van der Waals surface area contributed by atoms with Gasteiger partial charge in [0.2, 0.25) is 0 Å². The molecule has 0 N–H and O–H groups in total. The first-order valence-electron chi connectivity index (χ1n) is 10.9. The van der Waals surface area contributed by atoms with Crippen LogP contribution < -0.4 is 0 Å². The second-order valence-electron chi connectivity index (χ2n) is 6.23. The van der Waals surface area contributed by atoms with Crippen molar-refractivity contribution in [3.63, 3.8) is 0 Å². The number of unbranched alkanes of at least 4 members (excludes halogenated alkanes) is 1. The lowest BCUT2D eigenvalue weighted by Gasteiger charge is -2.28. The van der Waals surface area contributed by atoms with Gasteiger partial charge < -0.3 is 31.6 Å². The molecule has 11 heteroatoms. The Morgan fingerprint density at radius 3 is 1.59 bits per heavy atom. The lowest BCUT2D eigenvalue weighted by molar-refractivity contribution is -0.138. The Hall–Kier alpha value is -1.35. The van der Waals surface area contributed by atoms with E-state index in [4.69, 9.17) is 31.6 Å². The number of hydrogen-bond acceptors (Lipinski definition) is 9. The first kappa shape index (κ1) is 32.8. The number of carbonyl (C=O) groups excluding carboxylic acids is 2. The molecule has 0 rings (SSSR count). The van der Waals surface area contributed by atoms with E-state index in [1.54, 1.807) is 14.2 Å². The van der Waals surface area contributed by atoms with Crippen molar-refractivity contribution in [3.8, 4) is 0 Å². The number of esters is 2. The SMILES string of the molecule is C=CC(=O)OCCCC[SiH](OC)OC.C=CC(=O)OCCC[Si](OCC)(OCC)OCC. The zero-order valence-electron chi connectivity index (χ0n) is 20.4. The fourth-order valence-electron chi connectivity index (χ4n) is 2.50. The molecule has 0 aliphatic carbocycles. The summed E-state index contributed by atoms with van der Waals surface area (Å²) in [6, 6.07) is 1.59. The van der Waals surface area contributed by atoms with Gasteiger partial charge in [-0.1, -0.05) is 13.2 Å². The van der Waals surface area contributed by atoms with E-state index in [0.29, 0.717) is 45.5 Å². The van der Waals surface area contributed by atoms with Gasteiger partial charge in [-0.05, 0) is 46.1 Å². The van der Waals surface area contributed by atoms with Crippen LogP contribution in [0.25, 0.3) is 0 Å². The standard InChI is InChI=1S/C12H24O5Si.C9H18O4Si/c1-5-12(13)14-10-9-11-18(15-6-2,16-7-3)17-8-4;1-4-9(10)13-7-5-6-8-14(11-2)12-3/h5H,1,6-11H2,2-4H3;4,14H,1,5-8H2,2-3H3. The molecule has 0 aromatic heterocycles. The van der Waals surface area contributed by atoms with Gasteiger partial charge in [0, 0.05) is 52.2 Å². The van der Waals surface area contributed by atoms with Crippen molar-refractivity contribution in [2.75, 3.05) is 47.3 Å². The molecule has 0 spiro atoms. The van der Waals surface area contributed by atoms with Crippen LogP contribution in [0.3, 0.4) is 0 Å². The van der Waals surface area contributed by atoms with E-state index < -0.39 is 24.1 Å². The number of hydrogen-bond donors (Lipinski definition) is 0. The first-order valence-corrected chi connectivity index (χ1v) is 14.6. The van der Waals surface area contributed by atoms with E-state index in [-0.39, 0.29) is 5.97 Å². The molecule has 0 fully saturated rings. The van der Waals surface area contributed by atoms with Gasteiger partial charge in [-0.3, -0.25) is 0 Å². The highest BCUT2D eigenvalue weighted by Crippen LogP contribution is 2.18. The van der Waals surface area contributed by atoms with E-state index in [0.717, 1.165) is 25.0 Å². The summed E-state index contributed by atoms with van der Waals surface area (Å²) >= 11 is 0. The fourth-order valence-corrected chi connectivity index (χ4v) is 6.36. The fraction of sp³-hybridized carbons (Fsp3) is 0.714. The van der Waals surface area contributed by atoms with Crippen LogP contribution in [0.1, 0.15) is 40.0 Å². The molecule has 0 saturated carbocycles. The van der Waals surface area contributed by atoms with Crippen molar-refractivity contribution < 1.29 is 41.2 Å². The topological polar surface area (TPSA) is 98.8 Å². The summed E-state index contributed by atoms with van der Waals surface area (Å²) in [6.45, 7) is 14.8. The third-order valence-corrected chi connectivity index (χ3v) is 8.98. The van der Waals surface area contributed by atoms with Crippen molar-refractivity contribution in [2.45, 2.75) is 52.1 Å². The smallest absolute Gasteiger partial charge is 0.463 e. The molecule has 188 valence electrons. The Morgan fingerprint density at radius 2 is 1.22 bits per heavy atom. The van der Waals surface area contributed by atoms with Gasteiger partial charge in [0.25, 0.3) is 0 Å². The van der Waals surface area contributed by atoms with Gasteiger partial charge in [0.15, 0.2) is 0 Å². The van der Waals surface area contributed by atoms with E-state index in [2.05, 4.69) is 13.2 Å². The number of ether oxygens (including phenoxy) is 2. The largest absolute Gasteiger partial charge is 0.501 e. The quantitative estimate of drug-likeness (QED) is 0.116. The van der Waals surface area contributed by atoms with Gasteiger partial charge in [0.05, 0.1) is 13.2 Å². The summed E-state index contributed by atoms with van der Waals surface area (Å²) in [6.07, 6.45) is 4.78. The van der Waals surface area contributed by atoms with Crippen LogP contribution in [0.2, 0.25) is 12.1 Å². The third-order valence-electron chi connectivity index (χ3n) is 3.90.